The number of carbonyl (C=O) groups is 1. The van der Waals surface area contributed by atoms with Crippen molar-refractivity contribution >= 4 is 34.3 Å². The summed E-state index contributed by atoms with van der Waals surface area (Å²) in [7, 11) is 2.17. The van der Waals surface area contributed by atoms with E-state index in [2.05, 4.69) is 76.5 Å². The second-order valence-corrected chi connectivity index (χ2v) is 10.6. The number of aromatic nitrogens is 2. The van der Waals surface area contributed by atoms with Crippen molar-refractivity contribution in [1.82, 2.24) is 19.8 Å². The van der Waals surface area contributed by atoms with Gasteiger partial charge in [-0.2, -0.15) is 0 Å². The molecule has 1 aromatic heterocycles. The van der Waals surface area contributed by atoms with Crippen LogP contribution in [-0.2, 0) is 6.54 Å². The van der Waals surface area contributed by atoms with Gasteiger partial charge in [-0.05, 0) is 73.0 Å². The van der Waals surface area contributed by atoms with Crippen LogP contribution in [0.2, 0.25) is 0 Å². The van der Waals surface area contributed by atoms with Gasteiger partial charge in [-0.1, -0.05) is 62.2 Å². The highest BCUT2D eigenvalue weighted by molar-refractivity contribution is 6.06. The first kappa shape index (κ1) is 26.9. The molecule has 0 radical (unpaired) electrons. The molecule has 0 bridgehead atoms. The normalized spacial score (nSPS) is 15.1. The summed E-state index contributed by atoms with van der Waals surface area (Å²) in [6.45, 7) is 7.57. The number of carbonyl (C=O) groups excluding carboxylic acids is 1. The topological polar surface area (TPSA) is 64.3 Å². The Morgan fingerprint density at radius 1 is 0.974 bits per heavy atom. The van der Waals surface area contributed by atoms with Gasteiger partial charge in [0.25, 0.3) is 5.91 Å². The van der Waals surface area contributed by atoms with Gasteiger partial charge in [-0.25, -0.2) is 4.98 Å². The molecule has 2 heterocycles. The fourth-order valence-corrected chi connectivity index (χ4v) is 5.04. The van der Waals surface area contributed by atoms with E-state index in [-0.39, 0.29) is 5.91 Å². The van der Waals surface area contributed by atoms with Crippen molar-refractivity contribution in [2.45, 2.75) is 39.2 Å². The first-order chi connectivity index (χ1) is 19.1. The van der Waals surface area contributed by atoms with Crippen molar-refractivity contribution in [2.24, 2.45) is 0 Å². The van der Waals surface area contributed by atoms with Crippen LogP contribution in [-0.4, -0.2) is 58.9 Å². The number of allylic oxidation sites excluding steroid dienone is 1. The van der Waals surface area contributed by atoms with Gasteiger partial charge in [0.2, 0.25) is 0 Å². The molecule has 6 heteroatoms. The van der Waals surface area contributed by atoms with Crippen LogP contribution in [0, 0.1) is 0 Å². The summed E-state index contributed by atoms with van der Waals surface area (Å²) in [5, 5.41) is 3.05. The Kier molecular flexibility index (Phi) is 8.86. The summed E-state index contributed by atoms with van der Waals surface area (Å²) in [6.07, 6.45) is 6.66. The monoisotopic (exact) mass is 521 g/mol. The van der Waals surface area contributed by atoms with Crippen LogP contribution >= 0.6 is 0 Å². The second kappa shape index (κ2) is 12.9. The highest BCUT2D eigenvalue weighted by Gasteiger charge is 2.15. The van der Waals surface area contributed by atoms with Crippen molar-refractivity contribution in [2.75, 3.05) is 38.5 Å². The lowest BCUT2D eigenvalue weighted by Gasteiger charge is -2.32. The largest absolute Gasteiger partial charge is 0.338 e. The fourth-order valence-electron chi connectivity index (χ4n) is 5.04. The molecule has 202 valence electrons. The third-order valence-electron chi connectivity index (χ3n) is 7.45. The van der Waals surface area contributed by atoms with Crippen LogP contribution in [0.1, 0.15) is 59.9 Å². The minimum Gasteiger partial charge on any atom is -0.338 e. The molecule has 1 amide bonds. The predicted octanol–water partition coefficient (Wildman–Crippen LogP) is 6.68. The second-order valence-electron chi connectivity index (χ2n) is 10.6. The maximum atomic E-state index is 13.1. The Morgan fingerprint density at radius 3 is 2.49 bits per heavy atom. The third kappa shape index (κ3) is 7.22. The van der Waals surface area contributed by atoms with Gasteiger partial charge in [-0.15, -0.1) is 0 Å². The van der Waals surface area contributed by atoms with Gasteiger partial charge < -0.3 is 15.2 Å². The van der Waals surface area contributed by atoms with Crippen molar-refractivity contribution in [3.8, 4) is 0 Å². The lowest BCUT2D eigenvalue weighted by molar-refractivity contribution is 0.102. The molecule has 0 aliphatic carbocycles. The number of unbranched alkanes of at least 4 members (excludes halogenated alkanes) is 2. The van der Waals surface area contributed by atoms with Crippen LogP contribution in [0.25, 0.3) is 22.7 Å². The summed E-state index contributed by atoms with van der Waals surface area (Å²) >= 11 is 0. The molecule has 3 aromatic carbocycles. The standard InChI is InChI=1S/C33H39N5O/c1-3-4-6-11-27(22-25-9-7-5-8-10-25)32-35-30-17-14-28(23-31(30)36-32)33(39)34-29-15-12-26(13-16-29)24-38-20-18-37(2)19-21-38/h5,7-10,12-17,22-23H,3-4,6,11,18-21,24H2,1-2H3,(H,34,39)(H,35,36). The number of anilines is 1. The number of likely N-dealkylation sites (N-methyl/N-ethyl adjacent to an activating group) is 1. The van der Waals surface area contributed by atoms with Crippen LogP contribution in [0.3, 0.4) is 0 Å². The van der Waals surface area contributed by atoms with Gasteiger partial charge in [0.15, 0.2) is 0 Å². The van der Waals surface area contributed by atoms with Gasteiger partial charge in [0.05, 0.1) is 11.0 Å². The highest BCUT2D eigenvalue weighted by atomic mass is 16.1. The number of amides is 1. The molecule has 0 atom stereocenters. The molecule has 0 unspecified atom stereocenters. The summed E-state index contributed by atoms with van der Waals surface area (Å²) in [5.41, 5.74) is 6.77. The number of hydrogen-bond donors (Lipinski definition) is 2. The molecule has 6 nitrogen and oxygen atoms in total. The smallest absolute Gasteiger partial charge is 0.255 e. The van der Waals surface area contributed by atoms with E-state index in [1.54, 1.807) is 0 Å². The predicted molar refractivity (Wildman–Crippen MR) is 162 cm³/mol. The van der Waals surface area contributed by atoms with E-state index >= 15 is 0 Å². The molecule has 1 aliphatic rings. The van der Waals surface area contributed by atoms with Crippen LogP contribution in [0.4, 0.5) is 5.69 Å². The zero-order chi connectivity index (χ0) is 27.0. The Labute approximate surface area is 231 Å². The first-order valence-corrected chi connectivity index (χ1v) is 14.1. The van der Waals surface area contributed by atoms with E-state index < -0.39 is 0 Å². The molecule has 39 heavy (non-hydrogen) atoms. The molecule has 1 aliphatic heterocycles. The molecule has 1 saturated heterocycles. The van der Waals surface area contributed by atoms with Crippen molar-refractivity contribution in [3.63, 3.8) is 0 Å². The molecular weight excluding hydrogens is 482 g/mol. The quantitative estimate of drug-likeness (QED) is 0.228. The van der Waals surface area contributed by atoms with Gasteiger partial charge in [0.1, 0.15) is 5.82 Å². The number of fused-ring (bicyclic) bond motifs is 1. The number of hydrogen-bond acceptors (Lipinski definition) is 4. The van der Waals surface area contributed by atoms with E-state index in [9.17, 15) is 4.79 Å². The zero-order valence-corrected chi connectivity index (χ0v) is 23.1. The van der Waals surface area contributed by atoms with E-state index in [4.69, 9.17) is 4.98 Å². The minimum absolute atomic E-state index is 0.122. The summed E-state index contributed by atoms with van der Waals surface area (Å²) in [4.78, 5) is 26.3. The number of rotatable bonds is 10. The summed E-state index contributed by atoms with van der Waals surface area (Å²) < 4.78 is 0. The highest BCUT2D eigenvalue weighted by Crippen LogP contribution is 2.25. The minimum atomic E-state index is -0.122. The van der Waals surface area contributed by atoms with Crippen LogP contribution in [0.15, 0.2) is 72.8 Å². The average Bonchev–Trinajstić information content (AvgIpc) is 3.39. The van der Waals surface area contributed by atoms with Crippen molar-refractivity contribution < 1.29 is 4.79 Å². The van der Waals surface area contributed by atoms with Gasteiger partial charge in [0, 0.05) is 44.0 Å². The van der Waals surface area contributed by atoms with E-state index in [0.717, 1.165) is 68.1 Å². The lowest BCUT2D eigenvalue weighted by atomic mass is 10.0. The van der Waals surface area contributed by atoms with E-state index in [0.29, 0.717) is 5.56 Å². The number of nitrogens with zero attached hydrogens (tertiary/aromatic N) is 3. The van der Waals surface area contributed by atoms with Crippen molar-refractivity contribution in [1.29, 1.82) is 0 Å². The molecule has 4 aromatic rings. The van der Waals surface area contributed by atoms with Crippen LogP contribution in [0.5, 0.6) is 0 Å². The number of imidazole rings is 1. The molecule has 1 fully saturated rings. The molecule has 2 N–H and O–H groups in total. The SMILES string of the molecule is CCCCCC(=Cc1ccccc1)c1nc2ccc(C(=O)Nc3ccc(CN4CCN(C)CC4)cc3)cc2[nH]1. The first-order valence-electron chi connectivity index (χ1n) is 14.1. The Hall–Kier alpha value is -3.74. The Morgan fingerprint density at radius 2 is 1.74 bits per heavy atom. The summed E-state index contributed by atoms with van der Waals surface area (Å²) in [5.74, 6) is 0.751. The number of H-pyrrole nitrogens is 1. The lowest BCUT2D eigenvalue weighted by Crippen LogP contribution is -2.43. The number of piperazine rings is 1. The Balaban J connectivity index is 1.27. The van der Waals surface area contributed by atoms with E-state index in [1.165, 1.54) is 29.5 Å². The molecule has 0 spiro atoms. The third-order valence-corrected chi connectivity index (χ3v) is 7.45. The number of aromatic amines is 1. The molecular formula is C33H39N5O. The Bertz CT molecular complexity index is 1400. The molecule has 0 saturated carbocycles. The zero-order valence-electron chi connectivity index (χ0n) is 23.1. The van der Waals surface area contributed by atoms with Gasteiger partial charge in [-0.3, -0.25) is 9.69 Å². The molecule has 5 rings (SSSR count). The van der Waals surface area contributed by atoms with Gasteiger partial charge >= 0.3 is 0 Å². The maximum absolute atomic E-state index is 13.1. The maximum Gasteiger partial charge on any atom is 0.255 e. The number of nitrogens with one attached hydrogen (secondary N) is 2. The van der Waals surface area contributed by atoms with Crippen LogP contribution < -0.4 is 5.32 Å². The fraction of sp³-hybridized carbons (Fsp3) is 0.333. The van der Waals surface area contributed by atoms with E-state index in [1.807, 2.05) is 36.4 Å². The number of benzene rings is 3. The summed E-state index contributed by atoms with van der Waals surface area (Å²) in [6, 6.07) is 24.3. The average molecular weight is 522 g/mol. The van der Waals surface area contributed by atoms with Crippen molar-refractivity contribution in [3.05, 3.63) is 95.3 Å².